The fourth-order valence-corrected chi connectivity index (χ4v) is 2.00. The third-order valence-corrected chi connectivity index (χ3v) is 2.64. The van der Waals surface area contributed by atoms with Gasteiger partial charge in [0, 0.05) is 12.8 Å². The first kappa shape index (κ1) is 13.9. The van der Waals surface area contributed by atoms with Gasteiger partial charge in [0.1, 0.15) is 0 Å². The molecule has 0 atom stereocenters. The number of alkyl halides is 2. The predicted molar refractivity (Wildman–Crippen MR) is 57.7 cm³/mol. The van der Waals surface area contributed by atoms with Crippen molar-refractivity contribution in [3.8, 4) is 0 Å². The molecule has 1 aliphatic rings. The van der Waals surface area contributed by atoms with E-state index >= 15 is 0 Å². The highest BCUT2D eigenvalue weighted by Gasteiger charge is 2.34. The molecule has 0 nitrogen and oxygen atoms in total. The standard InChI is InChI=1S/C10H18F2.C2H6/c1-8(2)7-9-3-5-10(11,12)6-4-9;1-2/h8-9H,3-7H2,1-2H3;1-2H3. The van der Waals surface area contributed by atoms with E-state index in [0.717, 1.165) is 19.3 Å². The van der Waals surface area contributed by atoms with Crippen LogP contribution in [-0.2, 0) is 0 Å². The maximum absolute atomic E-state index is 12.7. The van der Waals surface area contributed by atoms with Crippen LogP contribution in [0.25, 0.3) is 0 Å². The van der Waals surface area contributed by atoms with Gasteiger partial charge >= 0.3 is 0 Å². The maximum Gasteiger partial charge on any atom is 0.248 e. The van der Waals surface area contributed by atoms with Gasteiger partial charge in [0.25, 0.3) is 0 Å². The second-order valence-electron chi connectivity index (χ2n) is 4.43. The zero-order valence-electron chi connectivity index (χ0n) is 9.95. The molecular weight excluding hydrogens is 182 g/mol. The number of halogens is 2. The smallest absolute Gasteiger partial charge is 0.207 e. The molecule has 0 spiro atoms. The van der Waals surface area contributed by atoms with Crippen LogP contribution in [0.1, 0.15) is 59.8 Å². The van der Waals surface area contributed by atoms with Gasteiger partial charge in [0.2, 0.25) is 5.92 Å². The Morgan fingerprint density at radius 2 is 1.57 bits per heavy atom. The summed E-state index contributed by atoms with van der Waals surface area (Å²) in [7, 11) is 0. The fraction of sp³-hybridized carbons (Fsp3) is 1.00. The van der Waals surface area contributed by atoms with Crippen molar-refractivity contribution >= 4 is 0 Å². The first-order valence-corrected chi connectivity index (χ1v) is 5.87. The van der Waals surface area contributed by atoms with Gasteiger partial charge in [-0.25, -0.2) is 8.78 Å². The van der Waals surface area contributed by atoms with Crippen LogP contribution in [0.4, 0.5) is 8.78 Å². The molecule has 1 fully saturated rings. The molecule has 1 rings (SSSR count). The summed E-state index contributed by atoms with van der Waals surface area (Å²) in [6, 6.07) is 0. The van der Waals surface area contributed by atoms with E-state index in [-0.39, 0.29) is 12.8 Å². The molecule has 0 radical (unpaired) electrons. The lowest BCUT2D eigenvalue weighted by atomic mass is 9.82. The summed E-state index contributed by atoms with van der Waals surface area (Å²) in [5.74, 6) is -1.14. The highest BCUT2D eigenvalue weighted by molar-refractivity contribution is 4.77. The summed E-state index contributed by atoms with van der Waals surface area (Å²) >= 11 is 0. The number of rotatable bonds is 2. The van der Waals surface area contributed by atoms with Crippen molar-refractivity contribution in [1.82, 2.24) is 0 Å². The normalized spacial score (nSPS) is 21.6. The van der Waals surface area contributed by atoms with E-state index in [1.54, 1.807) is 0 Å². The minimum absolute atomic E-state index is 0.115. The van der Waals surface area contributed by atoms with E-state index in [1.165, 1.54) is 0 Å². The lowest BCUT2D eigenvalue weighted by molar-refractivity contribution is -0.0476. The summed E-state index contributed by atoms with van der Waals surface area (Å²) in [6.07, 6.45) is 2.81. The van der Waals surface area contributed by atoms with Gasteiger partial charge in [-0.15, -0.1) is 0 Å². The summed E-state index contributed by atoms with van der Waals surface area (Å²) in [5, 5.41) is 0. The largest absolute Gasteiger partial charge is 0.248 e. The van der Waals surface area contributed by atoms with E-state index in [0.29, 0.717) is 11.8 Å². The molecule has 0 aromatic heterocycles. The summed E-state index contributed by atoms with van der Waals surface area (Å²) in [5.41, 5.74) is 0. The highest BCUT2D eigenvalue weighted by atomic mass is 19.3. The Balaban J connectivity index is 0.000000791. The molecule has 0 aromatic carbocycles. The first-order chi connectivity index (χ1) is 6.49. The highest BCUT2D eigenvalue weighted by Crippen LogP contribution is 2.38. The van der Waals surface area contributed by atoms with E-state index in [2.05, 4.69) is 13.8 Å². The van der Waals surface area contributed by atoms with Crippen LogP contribution in [0.3, 0.4) is 0 Å². The number of hydrogen-bond donors (Lipinski definition) is 0. The Bertz CT molecular complexity index is 131. The van der Waals surface area contributed by atoms with Crippen molar-refractivity contribution < 1.29 is 8.78 Å². The van der Waals surface area contributed by atoms with Crippen LogP contribution >= 0.6 is 0 Å². The Morgan fingerprint density at radius 1 is 1.14 bits per heavy atom. The Morgan fingerprint density at radius 3 is 1.93 bits per heavy atom. The van der Waals surface area contributed by atoms with Crippen molar-refractivity contribution in [3.05, 3.63) is 0 Å². The van der Waals surface area contributed by atoms with E-state index < -0.39 is 5.92 Å². The molecule has 0 saturated heterocycles. The Kier molecular flexibility index (Phi) is 6.30. The van der Waals surface area contributed by atoms with Gasteiger partial charge in [-0.2, -0.15) is 0 Å². The molecule has 2 heteroatoms. The van der Waals surface area contributed by atoms with Crippen molar-refractivity contribution in [2.24, 2.45) is 11.8 Å². The molecule has 86 valence electrons. The van der Waals surface area contributed by atoms with E-state index in [9.17, 15) is 8.78 Å². The molecule has 1 aliphatic carbocycles. The van der Waals surface area contributed by atoms with Gasteiger partial charge in [-0.05, 0) is 31.1 Å². The van der Waals surface area contributed by atoms with Gasteiger partial charge in [0.05, 0.1) is 0 Å². The van der Waals surface area contributed by atoms with Crippen molar-refractivity contribution in [2.45, 2.75) is 65.7 Å². The van der Waals surface area contributed by atoms with Gasteiger partial charge in [-0.3, -0.25) is 0 Å². The summed E-state index contributed by atoms with van der Waals surface area (Å²) in [4.78, 5) is 0. The van der Waals surface area contributed by atoms with Crippen molar-refractivity contribution in [1.29, 1.82) is 0 Å². The third-order valence-electron chi connectivity index (χ3n) is 2.64. The Hall–Kier alpha value is -0.140. The maximum atomic E-state index is 12.7. The monoisotopic (exact) mass is 206 g/mol. The number of hydrogen-bond acceptors (Lipinski definition) is 0. The fourth-order valence-electron chi connectivity index (χ4n) is 2.00. The summed E-state index contributed by atoms with van der Waals surface area (Å²) in [6.45, 7) is 8.32. The minimum atomic E-state index is -2.35. The van der Waals surface area contributed by atoms with Gasteiger partial charge in [0.15, 0.2) is 0 Å². The average Bonchev–Trinajstić information content (AvgIpc) is 2.12. The zero-order valence-corrected chi connectivity index (χ0v) is 9.95. The average molecular weight is 206 g/mol. The van der Waals surface area contributed by atoms with E-state index in [1.807, 2.05) is 13.8 Å². The van der Waals surface area contributed by atoms with Gasteiger partial charge in [-0.1, -0.05) is 27.7 Å². The Labute approximate surface area is 87.1 Å². The second kappa shape index (κ2) is 6.36. The van der Waals surface area contributed by atoms with E-state index in [4.69, 9.17) is 0 Å². The van der Waals surface area contributed by atoms with Crippen LogP contribution in [0, 0.1) is 11.8 Å². The molecular formula is C12H24F2. The van der Waals surface area contributed by atoms with Gasteiger partial charge < -0.3 is 0 Å². The van der Waals surface area contributed by atoms with Crippen LogP contribution in [0.15, 0.2) is 0 Å². The zero-order chi connectivity index (χ0) is 11.2. The minimum Gasteiger partial charge on any atom is -0.207 e. The first-order valence-electron chi connectivity index (χ1n) is 5.87. The molecule has 0 N–H and O–H groups in total. The molecule has 0 bridgehead atoms. The lowest BCUT2D eigenvalue weighted by Crippen LogP contribution is -2.25. The SMILES string of the molecule is CC.CC(C)CC1CCC(F)(F)CC1. The summed E-state index contributed by atoms with van der Waals surface area (Å²) < 4.78 is 25.4. The molecule has 14 heavy (non-hydrogen) atoms. The molecule has 0 heterocycles. The second-order valence-corrected chi connectivity index (χ2v) is 4.43. The molecule has 1 saturated carbocycles. The predicted octanol–water partition coefficient (Wildman–Crippen LogP) is 4.88. The van der Waals surface area contributed by atoms with Crippen LogP contribution in [-0.4, -0.2) is 5.92 Å². The van der Waals surface area contributed by atoms with Crippen LogP contribution < -0.4 is 0 Å². The van der Waals surface area contributed by atoms with Crippen molar-refractivity contribution in [3.63, 3.8) is 0 Å². The van der Waals surface area contributed by atoms with Crippen molar-refractivity contribution in [2.75, 3.05) is 0 Å². The lowest BCUT2D eigenvalue weighted by Gasteiger charge is -2.29. The molecule has 0 aliphatic heterocycles. The quantitative estimate of drug-likeness (QED) is 0.603. The van der Waals surface area contributed by atoms with Crippen LogP contribution in [0.2, 0.25) is 0 Å². The third kappa shape index (κ3) is 5.56. The molecule has 0 amide bonds. The molecule has 0 aromatic rings. The topological polar surface area (TPSA) is 0 Å². The molecule has 0 unspecified atom stereocenters. The van der Waals surface area contributed by atoms with Crippen LogP contribution in [0.5, 0.6) is 0 Å².